The Morgan fingerprint density at radius 1 is 1.17 bits per heavy atom. The zero-order chi connectivity index (χ0) is 25.7. The minimum Gasteiger partial charge on any atom is -0.444 e. The molecular weight excluding hydrogens is 460 g/mol. The van der Waals surface area contributed by atoms with Gasteiger partial charge in [0.1, 0.15) is 5.60 Å². The van der Waals surface area contributed by atoms with Crippen molar-refractivity contribution < 1.29 is 17.9 Å². The minimum absolute atomic E-state index is 0.0286. The summed E-state index contributed by atoms with van der Waals surface area (Å²) in [5.41, 5.74) is 3.99. The van der Waals surface area contributed by atoms with Gasteiger partial charge in [0.15, 0.2) is 0 Å². The van der Waals surface area contributed by atoms with Crippen LogP contribution in [0.3, 0.4) is 0 Å². The fraction of sp³-hybridized carbons (Fsp3) is 0.393. The molecule has 1 heterocycles. The van der Waals surface area contributed by atoms with Gasteiger partial charge in [-0.05, 0) is 76.8 Å². The molecule has 0 N–H and O–H groups in total. The van der Waals surface area contributed by atoms with Gasteiger partial charge in [-0.1, -0.05) is 35.4 Å². The van der Waals surface area contributed by atoms with Crippen molar-refractivity contribution in [1.29, 1.82) is 0 Å². The van der Waals surface area contributed by atoms with Gasteiger partial charge >= 0.3 is 6.09 Å². The molecule has 186 valence electrons. The highest BCUT2D eigenvalue weighted by atomic mass is 32.2. The van der Waals surface area contributed by atoms with Gasteiger partial charge < -0.3 is 9.64 Å². The van der Waals surface area contributed by atoms with E-state index in [4.69, 9.17) is 4.74 Å². The smallest absolute Gasteiger partial charge is 0.410 e. The zero-order valence-electron chi connectivity index (χ0n) is 21.3. The van der Waals surface area contributed by atoms with E-state index in [-0.39, 0.29) is 16.9 Å². The maximum absolute atomic E-state index is 13.6. The Morgan fingerprint density at radius 3 is 2.43 bits per heavy atom. The van der Waals surface area contributed by atoms with Gasteiger partial charge in [0.25, 0.3) is 10.0 Å². The Morgan fingerprint density at radius 2 is 1.83 bits per heavy atom. The second kappa shape index (κ2) is 8.86. The number of rotatable bonds is 5. The van der Waals surface area contributed by atoms with E-state index in [0.717, 1.165) is 27.6 Å². The molecule has 3 aromatic rings. The fourth-order valence-electron chi connectivity index (χ4n) is 4.93. The molecule has 1 amide bonds. The van der Waals surface area contributed by atoms with Crippen molar-refractivity contribution in [3.8, 4) is 0 Å². The molecule has 0 aliphatic heterocycles. The largest absolute Gasteiger partial charge is 0.444 e. The lowest BCUT2D eigenvalue weighted by molar-refractivity contribution is 0.0194. The molecule has 6 nitrogen and oxygen atoms in total. The molecule has 1 aliphatic rings. The van der Waals surface area contributed by atoms with E-state index >= 15 is 0 Å². The second-order valence-electron chi connectivity index (χ2n) is 10.6. The molecule has 0 saturated carbocycles. The third-order valence-corrected chi connectivity index (χ3v) is 8.21. The predicted octanol–water partition coefficient (Wildman–Crippen LogP) is 6.03. The van der Waals surface area contributed by atoms with E-state index in [1.807, 2.05) is 52.8 Å². The van der Waals surface area contributed by atoms with Crippen molar-refractivity contribution in [2.45, 2.75) is 69.9 Å². The highest BCUT2D eigenvalue weighted by Crippen LogP contribution is 2.43. The molecule has 0 saturated heterocycles. The van der Waals surface area contributed by atoms with Crippen molar-refractivity contribution in [1.82, 2.24) is 8.87 Å². The van der Waals surface area contributed by atoms with Crippen LogP contribution in [0.1, 0.15) is 56.7 Å². The highest BCUT2D eigenvalue weighted by molar-refractivity contribution is 7.90. The van der Waals surface area contributed by atoms with Crippen LogP contribution in [0.4, 0.5) is 4.79 Å². The first-order valence-corrected chi connectivity index (χ1v) is 13.3. The molecule has 0 fully saturated rings. The van der Waals surface area contributed by atoms with Gasteiger partial charge in [0.2, 0.25) is 0 Å². The molecule has 1 aliphatic carbocycles. The number of carbonyl (C=O) groups excluding carboxylic acids is 1. The van der Waals surface area contributed by atoms with Gasteiger partial charge in [-0.25, -0.2) is 17.2 Å². The minimum atomic E-state index is -3.79. The normalized spacial score (nSPS) is 17.9. The standard InChI is InChI=1S/C28H34N2O4S/c1-18(2)15-23-22-9-8-10-24-26(22)20(16-25(23)29(7)27(31)34-28(4,5)6)17-30(24)35(32,33)21-13-11-19(3)12-14-21/h8-14,17,23,25H,1,15-16H2,2-7H3/t23-,25+/m0/s1. The number of aromatic nitrogens is 1. The summed E-state index contributed by atoms with van der Waals surface area (Å²) in [7, 11) is -2.03. The van der Waals surface area contributed by atoms with Gasteiger partial charge in [0.05, 0.1) is 10.4 Å². The van der Waals surface area contributed by atoms with Crippen LogP contribution in [0.25, 0.3) is 10.9 Å². The topological polar surface area (TPSA) is 68.6 Å². The maximum Gasteiger partial charge on any atom is 0.410 e. The van der Waals surface area contributed by atoms with Crippen molar-refractivity contribution >= 4 is 27.0 Å². The lowest BCUT2D eigenvalue weighted by Gasteiger charge is -2.39. The molecule has 4 rings (SSSR count). The summed E-state index contributed by atoms with van der Waals surface area (Å²) >= 11 is 0. The number of hydrogen-bond acceptors (Lipinski definition) is 4. The van der Waals surface area contributed by atoms with Crippen LogP contribution in [-0.4, -0.2) is 42.1 Å². The summed E-state index contributed by atoms with van der Waals surface area (Å²) in [6.45, 7) is 13.6. The van der Waals surface area contributed by atoms with E-state index < -0.39 is 21.7 Å². The van der Waals surface area contributed by atoms with Crippen LogP contribution in [-0.2, 0) is 21.2 Å². The average molecular weight is 495 g/mol. The summed E-state index contributed by atoms with van der Waals surface area (Å²) in [4.78, 5) is 14.9. The number of nitrogens with zero attached hydrogens (tertiary/aromatic N) is 2. The first-order chi connectivity index (χ1) is 16.3. The van der Waals surface area contributed by atoms with Crippen molar-refractivity contribution in [3.05, 3.63) is 77.5 Å². The summed E-state index contributed by atoms with van der Waals surface area (Å²) in [5.74, 6) is -0.0286. The molecule has 0 radical (unpaired) electrons. The van der Waals surface area contributed by atoms with E-state index in [9.17, 15) is 13.2 Å². The zero-order valence-corrected chi connectivity index (χ0v) is 22.1. The number of benzene rings is 2. The van der Waals surface area contributed by atoms with Gasteiger partial charge in [-0.2, -0.15) is 0 Å². The molecule has 35 heavy (non-hydrogen) atoms. The van der Waals surface area contributed by atoms with Gasteiger partial charge in [-0.3, -0.25) is 0 Å². The molecule has 2 atom stereocenters. The Kier molecular flexibility index (Phi) is 6.34. The van der Waals surface area contributed by atoms with Crippen LogP contribution in [0.15, 0.2) is 65.7 Å². The van der Waals surface area contributed by atoms with E-state index in [2.05, 4.69) is 6.58 Å². The monoisotopic (exact) mass is 494 g/mol. The Bertz CT molecular complexity index is 1400. The number of carbonyl (C=O) groups is 1. The lowest BCUT2D eigenvalue weighted by Crippen LogP contribution is -2.46. The van der Waals surface area contributed by atoms with Crippen LogP contribution in [0.2, 0.25) is 0 Å². The average Bonchev–Trinajstić information content (AvgIpc) is 3.14. The van der Waals surface area contributed by atoms with E-state index in [1.165, 1.54) is 3.97 Å². The number of hydrogen-bond donors (Lipinski definition) is 0. The van der Waals surface area contributed by atoms with Crippen molar-refractivity contribution in [2.24, 2.45) is 0 Å². The van der Waals surface area contributed by atoms with Crippen LogP contribution < -0.4 is 0 Å². The van der Waals surface area contributed by atoms with E-state index in [1.54, 1.807) is 42.4 Å². The second-order valence-corrected chi connectivity index (χ2v) is 12.5. The summed E-state index contributed by atoms with van der Waals surface area (Å²) in [6, 6.07) is 12.5. The third kappa shape index (κ3) is 4.74. The number of likely N-dealkylation sites (N-methyl/N-ethyl adjacent to an activating group) is 1. The van der Waals surface area contributed by atoms with Crippen LogP contribution >= 0.6 is 0 Å². The number of aryl methyl sites for hydroxylation is 1. The Hall–Kier alpha value is -3.06. The predicted molar refractivity (Wildman–Crippen MR) is 139 cm³/mol. The fourth-order valence-corrected chi connectivity index (χ4v) is 6.31. The summed E-state index contributed by atoms with van der Waals surface area (Å²) < 4.78 is 34.3. The lowest BCUT2D eigenvalue weighted by atomic mass is 9.76. The Labute approximate surface area is 208 Å². The molecule has 0 bridgehead atoms. The van der Waals surface area contributed by atoms with Crippen LogP contribution in [0.5, 0.6) is 0 Å². The summed E-state index contributed by atoms with van der Waals surface area (Å²) in [6.07, 6.45) is 2.54. The van der Waals surface area contributed by atoms with Crippen molar-refractivity contribution in [2.75, 3.05) is 7.05 Å². The first-order valence-electron chi connectivity index (χ1n) is 11.8. The van der Waals surface area contributed by atoms with E-state index in [0.29, 0.717) is 18.4 Å². The third-order valence-electron chi connectivity index (χ3n) is 6.52. The number of amides is 1. The molecule has 1 aromatic heterocycles. The summed E-state index contributed by atoms with van der Waals surface area (Å²) in [5, 5.41) is 0.947. The molecule has 2 aromatic carbocycles. The van der Waals surface area contributed by atoms with Crippen LogP contribution in [0, 0.1) is 6.92 Å². The quantitative estimate of drug-likeness (QED) is 0.406. The van der Waals surface area contributed by atoms with Gasteiger partial charge in [0, 0.05) is 30.6 Å². The van der Waals surface area contributed by atoms with Crippen molar-refractivity contribution in [3.63, 3.8) is 0 Å². The number of allylic oxidation sites excluding steroid dienone is 1. The maximum atomic E-state index is 13.6. The molecular formula is C28H34N2O4S. The highest BCUT2D eigenvalue weighted by Gasteiger charge is 2.38. The molecule has 7 heteroatoms. The Balaban J connectivity index is 1.84. The molecule has 0 spiro atoms. The van der Waals surface area contributed by atoms with Gasteiger partial charge in [-0.15, -0.1) is 6.58 Å². The number of ether oxygens (including phenoxy) is 1. The molecule has 0 unspecified atom stereocenters. The first kappa shape index (κ1) is 25.0. The SMILES string of the molecule is C=C(C)C[C@H]1c2cccc3c2c(cn3S(=O)(=O)c2ccc(C)cc2)C[C@H]1N(C)C(=O)OC(C)(C)C.